The van der Waals surface area contributed by atoms with Gasteiger partial charge in [0, 0.05) is 18.7 Å². The van der Waals surface area contributed by atoms with E-state index in [1.165, 1.54) is 5.56 Å². The van der Waals surface area contributed by atoms with Crippen LogP contribution in [0.4, 0.5) is 0 Å². The molecule has 102 valence electrons. The fourth-order valence-electron chi connectivity index (χ4n) is 2.02. The summed E-state index contributed by atoms with van der Waals surface area (Å²) < 4.78 is 10.8. The molecule has 0 aromatic heterocycles. The van der Waals surface area contributed by atoms with Gasteiger partial charge in [0.15, 0.2) is 0 Å². The number of para-hydroxylation sites is 1. The molecule has 0 heterocycles. The molecule has 0 spiro atoms. The van der Waals surface area contributed by atoms with E-state index in [2.05, 4.69) is 31.3 Å². The smallest absolute Gasteiger partial charge is 0.123 e. The zero-order chi connectivity index (χ0) is 13.4. The highest BCUT2D eigenvalue weighted by atomic mass is 16.5. The molecule has 3 heteroatoms. The lowest BCUT2D eigenvalue weighted by Gasteiger charge is -2.23. The Hall–Kier alpha value is -1.06. The second-order valence-corrected chi connectivity index (χ2v) is 4.53. The van der Waals surface area contributed by atoms with Gasteiger partial charge in [-0.1, -0.05) is 25.1 Å². The number of hydrogen-bond donors (Lipinski definition) is 1. The highest BCUT2D eigenvalue weighted by Crippen LogP contribution is 2.28. The molecule has 0 aliphatic rings. The molecule has 1 N–H and O–H groups in total. The van der Waals surface area contributed by atoms with Gasteiger partial charge in [0.05, 0.1) is 13.2 Å². The van der Waals surface area contributed by atoms with Gasteiger partial charge in [-0.2, -0.15) is 0 Å². The molecule has 0 saturated carbocycles. The predicted octanol–water partition coefficient (Wildman–Crippen LogP) is 3.16. The maximum Gasteiger partial charge on any atom is 0.123 e. The summed E-state index contributed by atoms with van der Waals surface area (Å²) in [6.45, 7) is 5.27. The van der Waals surface area contributed by atoms with Crippen molar-refractivity contribution in [3.63, 3.8) is 0 Å². The summed E-state index contributed by atoms with van der Waals surface area (Å²) in [5.41, 5.74) is 1.21. The molecule has 2 unspecified atom stereocenters. The molecule has 0 radical (unpaired) electrons. The van der Waals surface area contributed by atoms with Gasteiger partial charge in [-0.05, 0) is 32.4 Å². The highest BCUT2D eigenvalue weighted by molar-refractivity contribution is 5.35. The normalized spacial score (nSPS) is 14.2. The first kappa shape index (κ1) is 15.0. The number of nitrogens with one attached hydrogen (secondary N) is 1. The third kappa shape index (κ3) is 4.31. The van der Waals surface area contributed by atoms with Gasteiger partial charge in [-0.15, -0.1) is 0 Å². The minimum atomic E-state index is 0.226. The molecular weight excluding hydrogens is 226 g/mol. The summed E-state index contributed by atoms with van der Waals surface area (Å²) >= 11 is 0. The third-order valence-corrected chi connectivity index (χ3v) is 3.13. The van der Waals surface area contributed by atoms with Gasteiger partial charge in [-0.3, -0.25) is 0 Å². The molecule has 18 heavy (non-hydrogen) atoms. The highest BCUT2D eigenvalue weighted by Gasteiger charge is 2.17. The molecule has 0 aliphatic heterocycles. The summed E-state index contributed by atoms with van der Waals surface area (Å²) in [6, 6.07) is 8.45. The van der Waals surface area contributed by atoms with Crippen LogP contribution in [-0.2, 0) is 4.74 Å². The van der Waals surface area contributed by atoms with Gasteiger partial charge in [0.1, 0.15) is 5.75 Å². The van der Waals surface area contributed by atoms with Gasteiger partial charge in [0.2, 0.25) is 0 Å². The second kappa shape index (κ2) is 8.11. The second-order valence-electron chi connectivity index (χ2n) is 4.53. The van der Waals surface area contributed by atoms with Crippen LogP contribution >= 0.6 is 0 Å². The molecule has 0 bridgehead atoms. The van der Waals surface area contributed by atoms with Crippen LogP contribution in [0.2, 0.25) is 0 Å². The summed E-state index contributed by atoms with van der Waals surface area (Å²) in [4.78, 5) is 0. The topological polar surface area (TPSA) is 30.5 Å². The van der Waals surface area contributed by atoms with Crippen LogP contribution in [0.25, 0.3) is 0 Å². The first-order valence-electron chi connectivity index (χ1n) is 6.62. The van der Waals surface area contributed by atoms with E-state index in [9.17, 15) is 0 Å². The van der Waals surface area contributed by atoms with Crippen molar-refractivity contribution < 1.29 is 9.47 Å². The summed E-state index contributed by atoms with van der Waals surface area (Å²) in [7, 11) is 3.47. The van der Waals surface area contributed by atoms with Crippen molar-refractivity contribution in [3.05, 3.63) is 29.8 Å². The molecule has 0 aliphatic carbocycles. The van der Waals surface area contributed by atoms with Crippen molar-refractivity contribution in [1.29, 1.82) is 0 Å². The minimum Gasteiger partial charge on any atom is -0.496 e. The zero-order valence-electron chi connectivity index (χ0n) is 11.9. The van der Waals surface area contributed by atoms with E-state index in [0.717, 1.165) is 25.1 Å². The number of ether oxygens (including phenoxy) is 2. The molecule has 2 atom stereocenters. The van der Waals surface area contributed by atoms with Crippen molar-refractivity contribution in [1.82, 2.24) is 5.32 Å². The monoisotopic (exact) mass is 251 g/mol. The van der Waals surface area contributed by atoms with Crippen LogP contribution in [0, 0.1) is 0 Å². The van der Waals surface area contributed by atoms with E-state index in [1.807, 2.05) is 12.1 Å². The Morgan fingerprint density at radius 1 is 1.22 bits per heavy atom. The number of hydrogen-bond acceptors (Lipinski definition) is 3. The lowest BCUT2D eigenvalue weighted by Crippen LogP contribution is -2.26. The molecule has 0 fully saturated rings. The first-order valence-corrected chi connectivity index (χ1v) is 6.62. The molecule has 1 aromatic carbocycles. The van der Waals surface area contributed by atoms with Crippen LogP contribution in [0.5, 0.6) is 5.75 Å². The molecular formula is C15H25NO2. The minimum absolute atomic E-state index is 0.226. The van der Waals surface area contributed by atoms with Crippen molar-refractivity contribution >= 4 is 0 Å². The fraction of sp³-hybridized carbons (Fsp3) is 0.600. The van der Waals surface area contributed by atoms with E-state index in [-0.39, 0.29) is 12.1 Å². The Labute approximate surface area is 110 Å². The van der Waals surface area contributed by atoms with Gasteiger partial charge >= 0.3 is 0 Å². The molecule has 3 nitrogen and oxygen atoms in total. The number of rotatable bonds is 8. The Balaban J connectivity index is 2.85. The first-order chi connectivity index (χ1) is 8.72. The Morgan fingerprint density at radius 3 is 2.56 bits per heavy atom. The zero-order valence-corrected chi connectivity index (χ0v) is 11.9. The molecule has 0 saturated heterocycles. The van der Waals surface area contributed by atoms with Crippen LogP contribution < -0.4 is 10.1 Å². The SMILES string of the molecule is CCCNC(CC(C)OC)c1ccccc1OC. The summed E-state index contributed by atoms with van der Waals surface area (Å²) in [6.07, 6.45) is 2.29. The number of methoxy groups -OCH3 is 2. The lowest BCUT2D eigenvalue weighted by atomic mass is 10.00. The summed E-state index contributed by atoms with van der Waals surface area (Å²) in [5.74, 6) is 0.939. The standard InChI is InChI=1S/C15H25NO2/c1-5-10-16-14(11-12(2)17-3)13-8-6-7-9-15(13)18-4/h6-9,12,14,16H,5,10-11H2,1-4H3. The largest absolute Gasteiger partial charge is 0.496 e. The van der Waals surface area contributed by atoms with Gasteiger partial charge in [0.25, 0.3) is 0 Å². The Morgan fingerprint density at radius 2 is 1.94 bits per heavy atom. The Kier molecular flexibility index (Phi) is 6.76. The fourth-order valence-corrected chi connectivity index (χ4v) is 2.02. The lowest BCUT2D eigenvalue weighted by molar-refractivity contribution is 0.100. The van der Waals surface area contributed by atoms with Crippen molar-refractivity contribution in [2.75, 3.05) is 20.8 Å². The van der Waals surface area contributed by atoms with Crippen LogP contribution in [0.3, 0.4) is 0 Å². The molecule has 1 rings (SSSR count). The number of benzene rings is 1. The molecule has 1 aromatic rings. The van der Waals surface area contributed by atoms with Crippen LogP contribution in [0.1, 0.15) is 38.3 Å². The van der Waals surface area contributed by atoms with Crippen molar-refractivity contribution in [2.24, 2.45) is 0 Å². The van der Waals surface area contributed by atoms with Gasteiger partial charge in [-0.25, -0.2) is 0 Å². The maximum atomic E-state index is 5.44. The predicted molar refractivity (Wildman–Crippen MR) is 75.1 cm³/mol. The van der Waals surface area contributed by atoms with E-state index in [4.69, 9.17) is 9.47 Å². The average molecular weight is 251 g/mol. The maximum absolute atomic E-state index is 5.44. The van der Waals surface area contributed by atoms with Crippen molar-refractivity contribution in [2.45, 2.75) is 38.8 Å². The third-order valence-electron chi connectivity index (χ3n) is 3.13. The molecule has 0 amide bonds. The van der Waals surface area contributed by atoms with Gasteiger partial charge < -0.3 is 14.8 Å². The Bertz CT molecular complexity index is 341. The average Bonchev–Trinajstić information content (AvgIpc) is 2.43. The van der Waals surface area contributed by atoms with E-state index < -0.39 is 0 Å². The summed E-state index contributed by atoms with van der Waals surface area (Å²) in [5, 5.41) is 3.57. The quantitative estimate of drug-likeness (QED) is 0.770. The van der Waals surface area contributed by atoms with Crippen molar-refractivity contribution in [3.8, 4) is 5.75 Å². The van der Waals surface area contributed by atoms with Crippen LogP contribution in [-0.4, -0.2) is 26.9 Å². The van der Waals surface area contributed by atoms with E-state index in [1.54, 1.807) is 14.2 Å². The van der Waals surface area contributed by atoms with E-state index >= 15 is 0 Å². The van der Waals surface area contributed by atoms with E-state index in [0.29, 0.717) is 0 Å². The van der Waals surface area contributed by atoms with Crippen LogP contribution in [0.15, 0.2) is 24.3 Å².